The predicted molar refractivity (Wildman–Crippen MR) is 103 cm³/mol. The van der Waals surface area contributed by atoms with Crippen LogP contribution in [0.25, 0.3) is 11.3 Å². The third-order valence-electron chi connectivity index (χ3n) is 5.80. The van der Waals surface area contributed by atoms with Crippen LogP contribution in [-0.2, 0) is 11.2 Å². The maximum absolute atomic E-state index is 13.2. The van der Waals surface area contributed by atoms with Crippen molar-refractivity contribution in [2.75, 3.05) is 6.54 Å². The summed E-state index contributed by atoms with van der Waals surface area (Å²) in [5.41, 5.74) is 1.71. The minimum atomic E-state index is -0.255. The molecule has 0 spiro atoms. The molecule has 1 saturated carbocycles. The SMILES string of the molecule is Cc1nc(-c2ccc(F)cc2)c(CC(=O)N2CCC[C@H]3CCCC[C@H]32)s1. The van der Waals surface area contributed by atoms with Crippen LogP contribution >= 0.6 is 11.3 Å². The van der Waals surface area contributed by atoms with Gasteiger partial charge in [-0.05, 0) is 62.8 Å². The maximum Gasteiger partial charge on any atom is 0.228 e. The minimum Gasteiger partial charge on any atom is -0.339 e. The van der Waals surface area contributed by atoms with Crippen molar-refractivity contribution in [3.63, 3.8) is 0 Å². The molecule has 2 heterocycles. The van der Waals surface area contributed by atoms with Crippen LogP contribution in [0.4, 0.5) is 4.39 Å². The maximum atomic E-state index is 13.2. The number of benzene rings is 1. The predicted octanol–water partition coefficient (Wildman–Crippen LogP) is 4.98. The van der Waals surface area contributed by atoms with E-state index in [-0.39, 0.29) is 11.7 Å². The van der Waals surface area contributed by atoms with E-state index in [1.165, 1.54) is 37.8 Å². The molecular weight excluding hydrogens is 347 g/mol. The van der Waals surface area contributed by atoms with Gasteiger partial charge in [-0.1, -0.05) is 12.8 Å². The molecule has 5 heteroatoms. The molecule has 1 amide bonds. The Morgan fingerprint density at radius 3 is 2.73 bits per heavy atom. The minimum absolute atomic E-state index is 0.230. The number of likely N-dealkylation sites (tertiary alicyclic amines) is 1. The number of aromatic nitrogens is 1. The van der Waals surface area contributed by atoms with Crippen molar-refractivity contribution in [1.29, 1.82) is 0 Å². The fourth-order valence-corrected chi connectivity index (χ4v) is 5.55. The van der Waals surface area contributed by atoms with Crippen LogP contribution in [-0.4, -0.2) is 28.4 Å². The molecule has 2 fully saturated rings. The lowest BCUT2D eigenvalue weighted by molar-refractivity contribution is -0.136. The Hall–Kier alpha value is -1.75. The smallest absolute Gasteiger partial charge is 0.228 e. The molecule has 0 bridgehead atoms. The third kappa shape index (κ3) is 3.54. The average molecular weight is 373 g/mol. The summed E-state index contributed by atoms with van der Waals surface area (Å²) in [7, 11) is 0. The summed E-state index contributed by atoms with van der Waals surface area (Å²) in [4.78, 5) is 20.9. The van der Waals surface area contributed by atoms with E-state index >= 15 is 0 Å². The molecule has 26 heavy (non-hydrogen) atoms. The van der Waals surface area contributed by atoms with Crippen LogP contribution in [0.1, 0.15) is 48.4 Å². The average Bonchev–Trinajstić information content (AvgIpc) is 3.02. The molecule has 3 nitrogen and oxygen atoms in total. The molecule has 2 aromatic rings. The number of hydrogen-bond donors (Lipinski definition) is 0. The molecular formula is C21H25FN2OS. The first-order valence-corrected chi connectivity index (χ1v) is 10.4. The molecule has 1 aliphatic heterocycles. The standard InChI is InChI=1S/C21H25FN2OS/c1-14-23-21(16-8-10-17(22)11-9-16)19(26-14)13-20(25)24-12-4-6-15-5-2-3-7-18(15)24/h8-11,15,18H,2-7,12-13H2,1H3/t15-,18-/m1/s1. The quantitative estimate of drug-likeness (QED) is 0.761. The van der Waals surface area contributed by atoms with E-state index in [1.54, 1.807) is 23.5 Å². The van der Waals surface area contributed by atoms with Crippen LogP contribution in [0.5, 0.6) is 0 Å². The zero-order chi connectivity index (χ0) is 18.1. The number of piperidine rings is 1. The Kier molecular flexibility index (Phi) is 5.07. The largest absolute Gasteiger partial charge is 0.339 e. The van der Waals surface area contributed by atoms with E-state index in [4.69, 9.17) is 0 Å². The highest BCUT2D eigenvalue weighted by molar-refractivity contribution is 7.12. The zero-order valence-electron chi connectivity index (χ0n) is 15.2. The highest BCUT2D eigenvalue weighted by Crippen LogP contribution is 2.36. The van der Waals surface area contributed by atoms with Crippen molar-refractivity contribution in [1.82, 2.24) is 9.88 Å². The summed E-state index contributed by atoms with van der Waals surface area (Å²) in [6, 6.07) is 6.83. The van der Waals surface area contributed by atoms with Crippen LogP contribution in [0.2, 0.25) is 0 Å². The van der Waals surface area contributed by atoms with Crippen molar-refractivity contribution >= 4 is 17.2 Å². The number of hydrogen-bond acceptors (Lipinski definition) is 3. The Balaban J connectivity index is 1.55. The fraction of sp³-hybridized carbons (Fsp3) is 0.524. The van der Waals surface area contributed by atoms with Gasteiger partial charge in [-0.2, -0.15) is 0 Å². The van der Waals surface area contributed by atoms with Gasteiger partial charge >= 0.3 is 0 Å². The highest BCUT2D eigenvalue weighted by atomic mass is 32.1. The molecule has 1 aliphatic carbocycles. The van der Waals surface area contributed by atoms with E-state index < -0.39 is 0 Å². The van der Waals surface area contributed by atoms with E-state index in [0.29, 0.717) is 18.4 Å². The molecule has 4 rings (SSSR count). The van der Waals surface area contributed by atoms with Crippen molar-refractivity contribution in [3.8, 4) is 11.3 Å². The lowest BCUT2D eigenvalue weighted by Gasteiger charge is -2.44. The summed E-state index contributed by atoms with van der Waals surface area (Å²) < 4.78 is 13.2. The van der Waals surface area contributed by atoms with Crippen LogP contribution in [0.15, 0.2) is 24.3 Å². The van der Waals surface area contributed by atoms with Gasteiger partial charge in [0.1, 0.15) is 5.82 Å². The summed E-state index contributed by atoms with van der Waals surface area (Å²) in [5, 5.41) is 0.946. The molecule has 0 unspecified atom stereocenters. The lowest BCUT2D eigenvalue weighted by atomic mass is 9.78. The van der Waals surface area contributed by atoms with Gasteiger partial charge in [0.15, 0.2) is 0 Å². The molecule has 1 aromatic carbocycles. The van der Waals surface area contributed by atoms with E-state index in [0.717, 1.165) is 40.5 Å². The van der Waals surface area contributed by atoms with Crippen LogP contribution in [0, 0.1) is 18.7 Å². The third-order valence-corrected chi connectivity index (χ3v) is 6.77. The second kappa shape index (κ2) is 7.47. The van der Waals surface area contributed by atoms with Crippen molar-refractivity contribution in [2.24, 2.45) is 5.92 Å². The lowest BCUT2D eigenvalue weighted by Crippen LogP contribution is -2.50. The molecule has 0 N–H and O–H groups in total. The first-order chi connectivity index (χ1) is 12.6. The van der Waals surface area contributed by atoms with Crippen molar-refractivity contribution < 1.29 is 9.18 Å². The number of rotatable bonds is 3. The zero-order valence-corrected chi connectivity index (χ0v) is 16.0. The summed E-state index contributed by atoms with van der Waals surface area (Å²) in [6.45, 7) is 2.85. The number of amides is 1. The van der Waals surface area contributed by atoms with Gasteiger partial charge in [0.05, 0.1) is 17.1 Å². The number of nitrogens with zero attached hydrogens (tertiary/aromatic N) is 2. The Labute approximate surface area is 158 Å². The normalized spacial score (nSPS) is 22.9. The number of carbonyl (C=O) groups excluding carboxylic acids is 1. The summed E-state index contributed by atoms with van der Waals surface area (Å²) in [5.74, 6) is 0.671. The Morgan fingerprint density at radius 1 is 1.19 bits per heavy atom. The highest BCUT2D eigenvalue weighted by Gasteiger charge is 2.35. The van der Waals surface area contributed by atoms with Gasteiger partial charge in [-0.25, -0.2) is 9.37 Å². The molecule has 2 atom stereocenters. The summed E-state index contributed by atoms with van der Waals surface area (Å²) >= 11 is 1.58. The van der Waals surface area contributed by atoms with Gasteiger partial charge < -0.3 is 4.90 Å². The molecule has 1 aromatic heterocycles. The van der Waals surface area contributed by atoms with Gasteiger partial charge in [0, 0.05) is 23.0 Å². The fourth-order valence-electron chi connectivity index (χ4n) is 4.60. The second-order valence-electron chi connectivity index (χ2n) is 7.53. The number of aryl methyl sites for hydroxylation is 1. The van der Waals surface area contributed by atoms with Crippen molar-refractivity contribution in [3.05, 3.63) is 40.0 Å². The number of thiazole rings is 1. The molecule has 1 saturated heterocycles. The van der Waals surface area contributed by atoms with E-state index in [1.807, 2.05) is 6.92 Å². The van der Waals surface area contributed by atoms with E-state index in [2.05, 4.69) is 9.88 Å². The van der Waals surface area contributed by atoms with E-state index in [9.17, 15) is 9.18 Å². The van der Waals surface area contributed by atoms with Gasteiger partial charge in [0.25, 0.3) is 0 Å². The number of carbonyl (C=O) groups is 1. The summed E-state index contributed by atoms with van der Waals surface area (Å²) in [6.07, 6.45) is 7.78. The Morgan fingerprint density at radius 2 is 1.92 bits per heavy atom. The van der Waals surface area contributed by atoms with Crippen LogP contribution < -0.4 is 0 Å². The van der Waals surface area contributed by atoms with Gasteiger partial charge in [-0.15, -0.1) is 11.3 Å². The van der Waals surface area contributed by atoms with Crippen molar-refractivity contribution in [2.45, 2.75) is 57.9 Å². The molecule has 138 valence electrons. The van der Waals surface area contributed by atoms with Gasteiger partial charge in [-0.3, -0.25) is 4.79 Å². The van der Waals surface area contributed by atoms with Crippen LogP contribution in [0.3, 0.4) is 0 Å². The first kappa shape index (κ1) is 17.7. The monoisotopic (exact) mass is 372 g/mol. The first-order valence-electron chi connectivity index (χ1n) is 9.63. The molecule has 0 radical (unpaired) electrons. The molecule has 2 aliphatic rings. The Bertz CT molecular complexity index is 784. The second-order valence-corrected chi connectivity index (χ2v) is 8.82. The van der Waals surface area contributed by atoms with Gasteiger partial charge in [0.2, 0.25) is 5.91 Å². The number of fused-ring (bicyclic) bond motifs is 1. The topological polar surface area (TPSA) is 33.2 Å². The number of halogens is 1.